The molecule has 1 fully saturated rings. The summed E-state index contributed by atoms with van der Waals surface area (Å²) >= 11 is 6.62. The van der Waals surface area contributed by atoms with Gasteiger partial charge in [-0.2, -0.15) is 0 Å². The number of benzene rings is 2. The summed E-state index contributed by atoms with van der Waals surface area (Å²) in [5, 5.41) is 0. The Bertz CT molecular complexity index is 985. The lowest BCUT2D eigenvalue weighted by atomic mass is 10.2. The van der Waals surface area contributed by atoms with E-state index in [4.69, 9.17) is 21.7 Å². The Morgan fingerprint density at radius 2 is 1.81 bits per heavy atom. The first-order valence-corrected chi connectivity index (χ1v) is 11.3. The Morgan fingerprint density at radius 3 is 2.52 bits per heavy atom. The summed E-state index contributed by atoms with van der Waals surface area (Å²) in [6.07, 6.45) is 2.90. The van der Waals surface area contributed by atoms with Gasteiger partial charge in [0.2, 0.25) is 0 Å². The highest BCUT2D eigenvalue weighted by Gasteiger charge is 2.31. The van der Waals surface area contributed by atoms with E-state index < -0.39 is 0 Å². The van der Waals surface area contributed by atoms with Gasteiger partial charge < -0.3 is 14.3 Å². The maximum atomic E-state index is 12.6. The van der Waals surface area contributed by atoms with Crippen LogP contribution < -0.4 is 9.47 Å². The van der Waals surface area contributed by atoms with Crippen LogP contribution in [0.5, 0.6) is 11.5 Å². The first-order valence-electron chi connectivity index (χ1n) is 10.1. The van der Waals surface area contributed by atoms with Crippen molar-refractivity contribution in [3.05, 3.63) is 64.6 Å². The third-order valence-electron chi connectivity index (χ3n) is 4.67. The number of ether oxygens (including phenoxy) is 2. The molecule has 1 aliphatic rings. The lowest BCUT2D eigenvalue weighted by molar-refractivity contribution is -0.123. The van der Waals surface area contributed by atoms with Crippen molar-refractivity contribution in [1.29, 1.82) is 0 Å². The van der Waals surface area contributed by atoms with Crippen molar-refractivity contribution in [1.82, 2.24) is 4.90 Å². The van der Waals surface area contributed by atoms with Crippen LogP contribution in [-0.4, -0.2) is 40.7 Å². The highest BCUT2D eigenvalue weighted by molar-refractivity contribution is 8.26. The van der Waals surface area contributed by atoms with E-state index in [9.17, 15) is 9.59 Å². The molecule has 0 aromatic heterocycles. The normalized spacial score (nSPS) is 14.9. The fraction of sp³-hybridized carbons (Fsp3) is 0.292. The number of thiocarbonyl (C=S) groups is 1. The van der Waals surface area contributed by atoms with Gasteiger partial charge >= 0.3 is 0 Å². The van der Waals surface area contributed by atoms with Crippen molar-refractivity contribution in [2.24, 2.45) is 0 Å². The van der Waals surface area contributed by atoms with Crippen LogP contribution in [0.25, 0.3) is 6.08 Å². The molecule has 1 amide bonds. The van der Waals surface area contributed by atoms with Crippen LogP contribution in [-0.2, 0) is 9.59 Å². The second kappa shape index (κ2) is 11.1. The Labute approximate surface area is 192 Å². The molecule has 0 atom stereocenters. The van der Waals surface area contributed by atoms with Crippen LogP contribution in [0.1, 0.15) is 30.9 Å². The molecule has 2 aromatic carbocycles. The number of para-hydroxylation sites is 1. The van der Waals surface area contributed by atoms with Gasteiger partial charge in [-0.25, -0.2) is 0 Å². The van der Waals surface area contributed by atoms with Gasteiger partial charge in [-0.1, -0.05) is 54.3 Å². The minimum Gasteiger partial charge on any atom is -0.490 e. The van der Waals surface area contributed by atoms with Crippen LogP contribution >= 0.6 is 24.0 Å². The van der Waals surface area contributed by atoms with Crippen LogP contribution in [0.3, 0.4) is 0 Å². The SMILES string of the molecule is CC(=O)CCCN1C(=O)/C(=C/c2ccc(OCCOc3ccccc3C)cc2)SC1=S. The summed E-state index contributed by atoms with van der Waals surface area (Å²) in [4.78, 5) is 25.9. The smallest absolute Gasteiger partial charge is 0.266 e. The number of rotatable bonds is 10. The molecule has 2 aromatic rings. The largest absolute Gasteiger partial charge is 0.490 e. The van der Waals surface area contributed by atoms with Gasteiger partial charge in [0.1, 0.15) is 34.8 Å². The molecule has 5 nitrogen and oxygen atoms in total. The molecule has 0 spiro atoms. The van der Waals surface area contributed by atoms with E-state index in [-0.39, 0.29) is 11.7 Å². The Kier molecular flexibility index (Phi) is 8.26. The zero-order valence-corrected chi connectivity index (χ0v) is 19.3. The standard InChI is InChI=1S/C24H25NO4S2/c1-17-6-3-4-8-21(17)29-15-14-28-20-11-9-19(10-12-20)16-22-23(27)25(24(30)31-22)13-5-7-18(2)26/h3-4,6,8-12,16H,5,7,13-15H2,1-2H3/b22-16-. The summed E-state index contributed by atoms with van der Waals surface area (Å²) < 4.78 is 12.0. The Hall–Kier alpha value is -2.64. The minimum absolute atomic E-state index is 0.104. The number of ketones is 1. The molecule has 0 aliphatic carbocycles. The molecular weight excluding hydrogens is 430 g/mol. The highest BCUT2D eigenvalue weighted by Crippen LogP contribution is 2.33. The molecule has 0 radical (unpaired) electrons. The van der Waals surface area contributed by atoms with Gasteiger partial charge in [-0.05, 0) is 55.7 Å². The van der Waals surface area contributed by atoms with Gasteiger partial charge in [0.15, 0.2) is 0 Å². The summed E-state index contributed by atoms with van der Waals surface area (Å²) in [5.41, 5.74) is 1.99. The molecule has 1 heterocycles. The number of hydrogen-bond donors (Lipinski definition) is 0. The predicted octanol–water partition coefficient (Wildman–Crippen LogP) is 5.02. The zero-order valence-electron chi connectivity index (χ0n) is 17.6. The topological polar surface area (TPSA) is 55.8 Å². The summed E-state index contributed by atoms with van der Waals surface area (Å²) in [7, 11) is 0. The molecule has 162 valence electrons. The molecule has 0 N–H and O–H groups in total. The lowest BCUT2D eigenvalue weighted by Gasteiger charge is -2.13. The maximum Gasteiger partial charge on any atom is 0.266 e. The molecule has 0 bridgehead atoms. The second-order valence-electron chi connectivity index (χ2n) is 7.17. The molecular formula is C24H25NO4S2. The lowest BCUT2D eigenvalue weighted by Crippen LogP contribution is -2.29. The number of carbonyl (C=O) groups is 2. The molecule has 1 saturated heterocycles. The number of thioether (sulfide) groups is 1. The van der Waals surface area contributed by atoms with E-state index in [1.807, 2.05) is 61.5 Å². The maximum absolute atomic E-state index is 12.6. The van der Waals surface area contributed by atoms with E-state index in [0.717, 1.165) is 22.6 Å². The third kappa shape index (κ3) is 6.67. The van der Waals surface area contributed by atoms with E-state index in [2.05, 4.69) is 0 Å². The number of amides is 1. The number of aryl methyl sites for hydroxylation is 1. The average Bonchev–Trinajstić information content (AvgIpc) is 3.00. The fourth-order valence-corrected chi connectivity index (χ4v) is 4.33. The van der Waals surface area contributed by atoms with Crippen molar-refractivity contribution in [3.63, 3.8) is 0 Å². The van der Waals surface area contributed by atoms with E-state index in [1.54, 1.807) is 11.8 Å². The number of hydrogen-bond acceptors (Lipinski definition) is 6. The van der Waals surface area contributed by atoms with Gasteiger partial charge in [0.05, 0.1) is 4.91 Å². The molecule has 7 heteroatoms. The van der Waals surface area contributed by atoms with Crippen molar-refractivity contribution >= 4 is 46.1 Å². The monoisotopic (exact) mass is 455 g/mol. The van der Waals surface area contributed by atoms with Gasteiger partial charge in [-0.15, -0.1) is 0 Å². The van der Waals surface area contributed by atoms with Gasteiger partial charge in [0.25, 0.3) is 5.91 Å². The van der Waals surface area contributed by atoms with E-state index in [1.165, 1.54) is 11.8 Å². The zero-order chi connectivity index (χ0) is 22.2. The summed E-state index contributed by atoms with van der Waals surface area (Å²) in [6.45, 7) is 4.92. The second-order valence-corrected chi connectivity index (χ2v) is 8.85. The minimum atomic E-state index is -0.104. The fourth-order valence-electron chi connectivity index (χ4n) is 3.02. The van der Waals surface area contributed by atoms with Crippen molar-refractivity contribution < 1.29 is 19.1 Å². The van der Waals surface area contributed by atoms with Crippen molar-refractivity contribution in [2.45, 2.75) is 26.7 Å². The molecule has 0 saturated carbocycles. The average molecular weight is 456 g/mol. The predicted molar refractivity (Wildman–Crippen MR) is 128 cm³/mol. The first kappa shape index (κ1) is 23.0. The van der Waals surface area contributed by atoms with E-state index in [0.29, 0.717) is 41.8 Å². The van der Waals surface area contributed by atoms with Crippen LogP contribution in [0, 0.1) is 6.92 Å². The number of carbonyl (C=O) groups excluding carboxylic acids is 2. The molecule has 3 rings (SSSR count). The van der Waals surface area contributed by atoms with E-state index >= 15 is 0 Å². The quantitative estimate of drug-likeness (QED) is 0.285. The van der Waals surface area contributed by atoms with Crippen molar-refractivity contribution in [3.8, 4) is 11.5 Å². The van der Waals surface area contributed by atoms with Gasteiger partial charge in [-0.3, -0.25) is 9.69 Å². The number of nitrogens with zero attached hydrogens (tertiary/aromatic N) is 1. The van der Waals surface area contributed by atoms with Crippen LogP contribution in [0.4, 0.5) is 0 Å². The Morgan fingerprint density at radius 1 is 1.10 bits per heavy atom. The van der Waals surface area contributed by atoms with Crippen LogP contribution in [0.2, 0.25) is 0 Å². The third-order valence-corrected chi connectivity index (χ3v) is 6.04. The van der Waals surface area contributed by atoms with Gasteiger partial charge in [0, 0.05) is 13.0 Å². The van der Waals surface area contributed by atoms with Crippen molar-refractivity contribution in [2.75, 3.05) is 19.8 Å². The van der Waals surface area contributed by atoms with Crippen LogP contribution in [0.15, 0.2) is 53.4 Å². The molecule has 0 unspecified atom stereocenters. The summed E-state index contributed by atoms with van der Waals surface area (Å²) in [6, 6.07) is 15.4. The summed E-state index contributed by atoms with van der Waals surface area (Å²) in [5.74, 6) is 1.61. The molecule has 1 aliphatic heterocycles. The first-order chi connectivity index (χ1) is 14.9. The number of Topliss-reactive ketones (excluding diaryl/α,β-unsaturated/α-hetero) is 1. The molecule has 31 heavy (non-hydrogen) atoms. The highest BCUT2D eigenvalue weighted by atomic mass is 32.2. The Balaban J connectivity index is 1.50.